The van der Waals surface area contributed by atoms with Crippen LogP contribution in [0.2, 0.25) is 0 Å². The molecule has 1 fully saturated rings. The van der Waals surface area contributed by atoms with Crippen LogP contribution in [0.3, 0.4) is 0 Å². The first-order valence-electron chi connectivity index (χ1n) is 8.49. The normalized spacial score (nSPS) is 15.8. The van der Waals surface area contributed by atoms with Gasteiger partial charge in [0.15, 0.2) is 0 Å². The molecule has 0 atom stereocenters. The fourth-order valence-corrected chi connectivity index (χ4v) is 3.89. The van der Waals surface area contributed by atoms with E-state index in [1.54, 1.807) is 0 Å². The monoisotopic (exact) mass is 356 g/mol. The fourth-order valence-electron chi connectivity index (χ4n) is 3.09. The lowest BCUT2D eigenvalue weighted by Crippen LogP contribution is -2.46. The molecule has 0 N–H and O–H groups in total. The second kappa shape index (κ2) is 6.57. The largest absolute Gasteiger partial charge is 0.403 e. The third kappa shape index (κ3) is 3.17. The molecule has 1 saturated heterocycles. The van der Waals surface area contributed by atoms with Crippen molar-refractivity contribution in [2.75, 3.05) is 37.6 Å². The Bertz CT molecular complexity index is 957. The molecule has 0 aromatic carbocycles. The van der Waals surface area contributed by atoms with Crippen LogP contribution < -0.4 is 10.5 Å². The summed E-state index contributed by atoms with van der Waals surface area (Å²) in [5.74, 6) is 0.865. The Morgan fingerprint density at radius 2 is 2.00 bits per heavy atom. The van der Waals surface area contributed by atoms with Gasteiger partial charge in [0.25, 0.3) is 0 Å². The van der Waals surface area contributed by atoms with Crippen LogP contribution in [0.4, 0.5) is 5.82 Å². The molecule has 7 heteroatoms. The summed E-state index contributed by atoms with van der Waals surface area (Å²) in [5, 5.41) is 3.43. The second-order valence-electron chi connectivity index (χ2n) is 6.23. The maximum absolute atomic E-state index is 12.4. The molecule has 3 aromatic rings. The molecular formula is C18H20N4O2S. The summed E-state index contributed by atoms with van der Waals surface area (Å²) in [6, 6.07) is 5.79. The Hall–Kier alpha value is -2.25. The second-order valence-corrected chi connectivity index (χ2v) is 7.08. The van der Waals surface area contributed by atoms with Crippen LogP contribution in [0.25, 0.3) is 21.7 Å². The first-order valence-corrected chi connectivity index (χ1v) is 9.36. The molecule has 0 spiro atoms. The molecule has 1 aliphatic heterocycles. The van der Waals surface area contributed by atoms with Gasteiger partial charge in [-0.3, -0.25) is 0 Å². The van der Waals surface area contributed by atoms with Crippen molar-refractivity contribution in [3.63, 3.8) is 0 Å². The summed E-state index contributed by atoms with van der Waals surface area (Å²) >= 11 is 1.45. The predicted octanol–water partition coefficient (Wildman–Crippen LogP) is 2.76. The molecule has 0 amide bonds. The van der Waals surface area contributed by atoms with E-state index in [4.69, 9.17) is 4.42 Å². The van der Waals surface area contributed by atoms with Crippen LogP contribution in [0, 0.1) is 6.92 Å². The number of rotatable bonds is 3. The van der Waals surface area contributed by atoms with Crippen LogP contribution in [0.15, 0.2) is 32.8 Å². The molecule has 4 rings (SSSR count). The van der Waals surface area contributed by atoms with Crippen LogP contribution in [-0.2, 0) is 0 Å². The standard InChI is InChI=1S/C18H20N4O2S/c1-3-21-6-8-22(9-7-21)15-5-4-13-10-14(17-19-12(2)11-25-17)18(23)24-16(13)20-15/h4-5,10-11H,3,6-9H2,1-2H3. The van der Waals surface area contributed by atoms with Gasteiger partial charge in [0.2, 0.25) is 5.71 Å². The number of aryl methyl sites for hydroxylation is 1. The number of piperazine rings is 1. The number of pyridine rings is 1. The van der Waals surface area contributed by atoms with Crippen LogP contribution in [0.5, 0.6) is 0 Å². The maximum Gasteiger partial charge on any atom is 0.347 e. The van der Waals surface area contributed by atoms with Gasteiger partial charge in [-0.15, -0.1) is 11.3 Å². The van der Waals surface area contributed by atoms with E-state index in [0.29, 0.717) is 16.3 Å². The Balaban J connectivity index is 1.67. The Labute approximate surface area is 149 Å². The zero-order valence-corrected chi connectivity index (χ0v) is 15.2. The average Bonchev–Trinajstić information content (AvgIpc) is 3.07. The Morgan fingerprint density at radius 1 is 1.20 bits per heavy atom. The molecule has 0 bridgehead atoms. The number of aromatic nitrogens is 2. The SMILES string of the molecule is CCN1CCN(c2ccc3cc(-c4nc(C)cs4)c(=O)oc3n2)CC1. The van der Waals surface area contributed by atoms with Crippen molar-refractivity contribution in [1.82, 2.24) is 14.9 Å². The van der Waals surface area contributed by atoms with Crippen LogP contribution in [-0.4, -0.2) is 47.6 Å². The van der Waals surface area contributed by atoms with E-state index >= 15 is 0 Å². The molecule has 130 valence electrons. The molecular weight excluding hydrogens is 336 g/mol. The van der Waals surface area contributed by atoms with E-state index in [9.17, 15) is 4.79 Å². The van der Waals surface area contributed by atoms with Gasteiger partial charge < -0.3 is 14.2 Å². The average molecular weight is 356 g/mol. The topological polar surface area (TPSA) is 62.5 Å². The summed E-state index contributed by atoms with van der Waals surface area (Å²) < 4.78 is 5.49. The van der Waals surface area contributed by atoms with E-state index in [1.807, 2.05) is 30.5 Å². The minimum absolute atomic E-state index is 0.387. The van der Waals surface area contributed by atoms with Gasteiger partial charge in [0.1, 0.15) is 10.8 Å². The van der Waals surface area contributed by atoms with Gasteiger partial charge in [-0.25, -0.2) is 9.78 Å². The fraction of sp³-hybridized carbons (Fsp3) is 0.389. The lowest BCUT2D eigenvalue weighted by atomic mass is 10.2. The highest BCUT2D eigenvalue weighted by Crippen LogP contribution is 2.25. The molecule has 3 aromatic heterocycles. The van der Waals surface area contributed by atoms with Crippen molar-refractivity contribution < 1.29 is 4.42 Å². The lowest BCUT2D eigenvalue weighted by Gasteiger charge is -2.34. The van der Waals surface area contributed by atoms with Crippen LogP contribution in [0.1, 0.15) is 12.6 Å². The molecule has 0 unspecified atom stereocenters. The van der Waals surface area contributed by atoms with Gasteiger partial charge in [0.05, 0.1) is 5.56 Å². The minimum atomic E-state index is -0.387. The third-order valence-electron chi connectivity index (χ3n) is 4.58. The van der Waals surface area contributed by atoms with Gasteiger partial charge >= 0.3 is 5.63 Å². The van der Waals surface area contributed by atoms with E-state index < -0.39 is 0 Å². The van der Waals surface area contributed by atoms with E-state index in [2.05, 4.69) is 26.7 Å². The lowest BCUT2D eigenvalue weighted by molar-refractivity contribution is 0.270. The Morgan fingerprint density at radius 3 is 2.68 bits per heavy atom. The zero-order chi connectivity index (χ0) is 17.4. The number of anilines is 1. The number of hydrogen-bond donors (Lipinski definition) is 0. The van der Waals surface area contributed by atoms with E-state index in [-0.39, 0.29) is 5.63 Å². The van der Waals surface area contributed by atoms with Crippen molar-refractivity contribution in [2.45, 2.75) is 13.8 Å². The van der Waals surface area contributed by atoms with Gasteiger partial charge in [-0.05, 0) is 31.7 Å². The van der Waals surface area contributed by atoms with Crippen LogP contribution >= 0.6 is 11.3 Å². The zero-order valence-electron chi connectivity index (χ0n) is 14.4. The number of hydrogen-bond acceptors (Lipinski definition) is 7. The number of thiazole rings is 1. The van der Waals surface area contributed by atoms with E-state index in [0.717, 1.165) is 49.6 Å². The number of nitrogens with zero attached hydrogens (tertiary/aromatic N) is 4. The summed E-state index contributed by atoms with van der Waals surface area (Å²) in [5.41, 5.74) is 1.40. The van der Waals surface area contributed by atoms with Crippen molar-refractivity contribution in [2.24, 2.45) is 0 Å². The highest BCUT2D eigenvalue weighted by Gasteiger charge is 2.18. The molecule has 6 nitrogen and oxygen atoms in total. The van der Waals surface area contributed by atoms with Crippen molar-refractivity contribution in [3.8, 4) is 10.6 Å². The van der Waals surface area contributed by atoms with E-state index in [1.165, 1.54) is 11.3 Å². The van der Waals surface area contributed by atoms with Gasteiger partial charge in [0, 0.05) is 42.6 Å². The molecule has 0 saturated carbocycles. The molecule has 4 heterocycles. The number of fused-ring (bicyclic) bond motifs is 1. The predicted molar refractivity (Wildman–Crippen MR) is 100 cm³/mol. The Kier molecular flexibility index (Phi) is 4.27. The maximum atomic E-state index is 12.4. The van der Waals surface area contributed by atoms with Crippen molar-refractivity contribution in [1.29, 1.82) is 0 Å². The summed E-state index contributed by atoms with van der Waals surface area (Å²) in [7, 11) is 0. The first-order chi connectivity index (χ1) is 12.1. The third-order valence-corrected chi connectivity index (χ3v) is 5.57. The van der Waals surface area contributed by atoms with Gasteiger partial charge in [-0.1, -0.05) is 6.92 Å². The molecule has 0 aliphatic carbocycles. The van der Waals surface area contributed by atoms with Gasteiger partial charge in [-0.2, -0.15) is 4.98 Å². The highest BCUT2D eigenvalue weighted by atomic mass is 32.1. The molecule has 0 radical (unpaired) electrons. The molecule has 1 aliphatic rings. The summed E-state index contributed by atoms with van der Waals surface area (Å²) in [6.07, 6.45) is 0. The van der Waals surface area contributed by atoms with Crippen molar-refractivity contribution >= 4 is 28.3 Å². The quantitative estimate of drug-likeness (QED) is 0.719. The minimum Gasteiger partial charge on any atom is -0.403 e. The van der Waals surface area contributed by atoms with Crippen molar-refractivity contribution in [3.05, 3.63) is 39.7 Å². The molecule has 25 heavy (non-hydrogen) atoms. The summed E-state index contributed by atoms with van der Waals surface area (Å²) in [6.45, 7) is 9.10. The smallest absolute Gasteiger partial charge is 0.347 e. The highest BCUT2D eigenvalue weighted by molar-refractivity contribution is 7.13. The first kappa shape index (κ1) is 16.2. The summed E-state index contributed by atoms with van der Waals surface area (Å²) in [4.78, 5) is 26.0. The number of likely N-dealkylation sites (N-methyl/N-ethyl adjacent to an activating group) is 1.